The molecule has 22 heavy (non-hydrogen) atoms. The van der Waals surface area contributed by atoms with Gasteiger partial charge in [-0.1, -0.05) is 0 Å². The van der Waals surface area contributed by atoms with Gasteiger partial charge in [0.15, 0.2) is 0 Å². The highest BCUT2D eigenvalue weighted by atomic mass is 16.5. The molecule has 2 aliphatic heterocycles. The fourth-order valence-corrected chi connectivity index (χ4v) is 3.33. The Kier molecular flexibility index (Phi) is 4.96. The Bertz CT molecular complexity index is 499. The molecule has 122 valence electrons. The van der Waals surface area contributed by atoms with Gasteiger partial charge in [-0.3, -0.25) is 9.88 Å². The van der Waals surface area contributed by atoms with E-state index >= 15 is 0 Å². The highest BCUT2D eigenvalue weighted by Crippen LogP contribution is 2.27. The summed E-state index contributed by atoms with van der Waals surface area (Å²) >= 11 is 0. The molecule has 5 heteroatoms. The topological polar surface area (TPSA) is 54.6 Å². The Hall–Kier alpha value is -1.17. The minimum absolute atomic E-state index is 0.206. The van der Waals surface area contributed by atoms with Crippen molar-refractivity contribution >= 4 is 0 Å². The molecule has 0 spiro atoms. The van der Waals surface area contributed by atoms with Crippen LogP contribution < -0.4 is 10.5 Å². The molecule has 0 bridgehead atoms. The van der Waals surface area contributed by atoms with Gasteiger partial charge in [-0.25, -0.2) is 0 Å². The monoisotopic (exact) mass is 304 g/mol. The van der Waals surface area contributed by atoms with E-state index in [0.717, 1.165) is 44.9 Å². The number of nitrogens with zero attached hydrogens (tertiary/aromatic N) is 3. The summed E-state index contributed by atoms with van der Waals surface area (Å²) in [7, 11) is 0. The number of likely N-dealkylation sites (tertiary alicyclic amines) is 1. The predicted octanol–water partition coefficient (Wildman–Crippen LogP) is 1.26. The number of aromatic nitrogens is 1. The number of pyridine rings is 1. The second-order valence-corrected chi connectivity index (χ2v) is 6.80. The van der Waals surface area contributed by atoms with Crippen molar-refractivity contribution in [2.75, 3.05) is 32.7 Å². The summed E-state index contributed by atoms with van der Waals surface area (Å²) in [6.07, 6.45) is 4.32. The number of ether oxygens (including phenoxy) is 1. The maximum absolute atomic E-state index is 5.95. The zero-order chi connectivity index (χ0) is 15.5. The van der Waals surface area contributed by atoms with E-state index in [4.69, 9.17) is 10.5 Å². The first kappa shape index (κ1) is 15.7. The van der Waals surface area contributed by atoms with Crippen molar-refractivity contribution in [1.82, 2.24) is 14.8 Å². The summed E-state index contributed by atoms with van der Waals surface area (Å²) in [4.78, 5) is 9.50. The molecule has 1 saturated heterocycles. The molecule has 0 amide bonds. The third kappa shape index (κ3) is 3.77. The van der Waals surface area contributed by atoms with Gasteiger partial charge in [0.1, 0.15) is 5.75 Å². The van der Waals surface area contributed by atoms with Crippen LogP contribution in [0.3, 0.4) is 0 Å². The quantitative estimate of drug-likeness (QED) is 0.857. The zero-order valence-electron chi connectivity index (χ0n) is 13.8. The van der Waals surface area contributed by atoms with Crippen molar-refractivity contribution in [2.45, 2.75) is 45.4 Å². The molecule has 0 unspecified atom stereocenters. The maximum atomic E-state index is 5.95. The van der Waals surface area contributed by atoms with Crippen LogP contribution in [-0.4, -0.2) is 59.7 Å². The lowest BCUT2D eigenvalue weighted by Gasteiger charge is -2.37. The van der Waals surface area contributed by atoms with E-state index in [1.165, 1.54) is 24.2 Å². The maximum Gasteiger partial charge on any atom is 0.127 e. The van der Waals surface area contributed by atoms with Crippen LogP contribution in [0.5, 0.6) is 5.75 Å². The molecule has 2 N–H and O–H groups in total. The number of fused-ring (bicyclic) bond motifs is 1. The van der Waals surface area contributed by atoms with E-state index in [2.05, 4.69) is 28.6 Å². The third-order valence-electron chi connectivity index (χ3n) is 4.45. The van der Waals surface area contributed by atoms with Gasteiger partial charge >= 0.3 is 0 Å². The van der Waals surface area contributed by atoms with Crippen molar-refractivity contribution < 1.29 is 4.74 Å². The van der Waals surface area contributed by atoms with Crippen LogP contribution in [0.15, 0.2) is 12.3 Å². The average Bonchev–Trinajstić information content (AvgIpc) is 2.45. The number of nitrogens with two attached hydrogens (primary N) is 1. The molecule has 1 aromatic rings. The summed E-state index contributed by atoms with van der Waals surface area (Å²) < 4.78 is 5.95. The van der Waals surface area contributed by atoms with Gasteiger partial charge in [-0.15, -0.1) is 0 Å². The lowest BCUT2D eigenvalue weighted by molar-refractivity contribution is 0.137. The molecule has 0 saturated carbocycles. The Morgan fingerprint density at radius 2 is 2.09 bits per heavy atom. The molecule has 3 rings (SSSR count). The Morgan fingerprint density at radius 3 is 2.82 bits per heavy atom. The van der Waals surface area contributed by atoms with E-state index in [1.807, 2.05) is 12.3 Å². The standard InChI is InChI=1S/C17H28N4O/c1-13(2)22-17-4-6-19-16-5-9-20(12-15(16)17)7-3-8-21-10-14(18)11-21/h4,6,13-14H,3,5,7-12,18H2,1-2H3. The van der Waals surface area contributed by atoms with Gasteiger partial charge in [-0.2, -0.15) is 0 Å². The van der Waals surface area contributed by atoms with Crippen molar-refractivity contribution in [3.63, 3.8) is 0 Å². The van der Waals surface area contributed by atoms with E-state index in [0.29, 0.717) is 6.04 Å². The molecule has 0 radical (unpaired) electrons. The van der Waals surface area contributed by atoms with E-state index in [1.54, 1.807) is 0 Å². The lowest BCUT2D eigenvalue weighted by atomic mass is 10.0. The molecule has 2 aliphatic rings. The molecule has 3 heterocycles. The second kappa shape index (κ2) is 6.94. The smallest absolute Gasteiger partial charge is 0.127 e. The highest BCUT2D eigenvalue weighted by Gasteiger charge is 2.24. The normalized spacial score (nSPS) is 20.0. The number of rotatable bonds is 6. The van der Waals surface area contributed by atoms with E-state index in [9.17, 15) is 0 Å². The molecule has 1 fully saturated rings. The van der Waals surface area contributed by atoms with Gasteiger partial charge in [0.05, 0.1) is 6.10 Å². The molecule has 1 aromatic heterocycles. The summed E-state index contributed by atoms with van der Waals surface area (Å²) in [6.45, 7) is 10.7. The lowest BCUT2D eigenvalue weighted by Crippen LogP contribution is -2.55. The third-order valence-corrected chi connectivity index (χ3v) is 4.45. The Morgan fingerprint density at radius 1 is 1.32 bits per heavy atom. The summed E-state index contributed by atoms with van der Waals surface area (Å²) in [5, 5.41) is 0. The van der Waals surface area contributed by atoms with Crippen molar-refractivity contribution in [1.29, 1.82) is 0 Å². The van der Waals surface area contributed by atoms with Crippen LogP contribution in [0.25, 0.3) is 0 Å². The molecular weight excluding hydrogens is 276 g/mol. The molecular formula is C17H28N4O. The molecule has 0 aromatic carbocycles. The first-order chi connectivity index (χ1) is 10.6. The van der Waals surface area contributed by atoms with Crippen molar-refractivity contribution in [3.05, 3.63) is 23.5 Å². The fourth-order valence-electron chi connectivity index (χ4n) is 3.33. The SMILES string of the molecule is CC(C)Oc1ccnc2c1CN(CCCN1CC(N)C1)CC2. The Balaban J connectivity index is 1.53. The van der Waals surface area contributed by atoms with E-state index in [-0.39, 0.29) is 6.10 Å². The first-order valence-electron chi connectivity index (χ1n) is 8.45. The van der Waals surface area contributed by atoms with Crippen molar-refractivity contribution in [2.24, 2.45) is 5.73 Å². The molecule has 5 nitrogen and oxygen atoms in total. The highest BCUT2D eigenvalue weighted by molar-refractivity contribution is 5.37. The minimum Gasteiger partial charge on any atom is -0.491 e. The van der Waals surface area contributed by atoms with Crippen LogP contribution in [0, 0.1) is 0 Å². The van der Waals surface area contributed by atoms with Crippen molar-refractivity contribution in [3.8, 4) is 5.75 Å². The molecule has 0 aliphatic carbocycles. The van der Waals surface area contributed by atoms with Crippen LogP contribution in [0.1, 0.15) is 31.5 Å². The number of hydrogen-bond donors (Lipinski definition) is 1. The zero-order valence-corrected chi connectivity index (χ0v) is 13.8. The summed E-state index contributed by atoms with van der Waals surface area (Å²) in [6, 6.07) is 2.41. The van der Waals surface area contributed by atoms with Gasteiger partial charge in [0.25, 0.3) is 0 Å². The second-order valence-electron chi connectivity index (χ2n) is 6.80. The fraction of sp³-hybridized carbons (Fsp3) is 0.706. The minimum atomic E-state index is 0.206. The van der Waals surface area contributed by atoms with E-state index < -0.39 is 0 Å². The first-order valence-corrected chi connectivity index (χ1v) is 8.45. The van der Waals surface area contributed by atoms with Crippen LogP contribution in [0.2, 0.25) is 0 Å². The largest absolute Gasteiger partial charge is 0.491 e. The van der Waals surface area contributed by atoms with Crippen LogP contribution in [-0.2, 0) is 13.0 Å². The van der Waals surface area contributed by atoms with Gasteiger partial charge < -0.3 is 15.4 Å². The predicted molar refractivity (Wildman–Crippen MR) is 88.0 cm³/mol. The van der Waals surface area contributed by atoms with Crippen LogP contribution in [0.4, 0.5) is 0 Å². The van der Waals surface area contributed by atoms with Gasteiger partial charge in [0, 0.05) is 56.1 Å². The van der Waals surface area contributed by atoms with Crippen LogP contribution >= 0.6 is 0 Å². The average molecular weight is 304 g/mol. The van der Waals surface area contributed by atoms with Gasteiger partial charge in [-0.05, 0) is 39.4 Å². The molecule has 0 atom stereocenters. The van der Waals surface area contributed by atoms with Gasteiger partial charge in [0.2, 0.25) is 0 Å². The summed E-state index contributed by atoms with van der Waals surface area (Å²) in [5.41, 5.74) is 8.32. The summed E-state index contributed by atoms with van der Waals surface area (Å²) in [5.74, 6) is 1.01. The Labute approximate surface area is 133 Å². The number of hydrogen-bond acceptors (Lipinski definition) is 5.